The standard InChI is InChI=1S/C18H20ClN3O6S/c19-14-3-1-2-13(10-14)17(12-23)20-16-5-4-15(22(24)25)11-18(16)29(26,27)21-6-8-28-9-7-21/h1-5,10-11,17,20,23H,6-9,12H2/t17-/m0/s1. The number of halogens is 1. The van der Waals surface area contributed by atoms with E-state index in [-0.39, 0.29) is 49.2 Å². The van der Waals surface area contributed by atoms with Crippen molar-refractivity contribution in [3.8, 4) is 0 Å². The number of morpholine rings is 1. The second kappa shape index (κ2) is 9.06. The van der Waals surface area contributed by atoms with Crippen molar-refractivity contribution in [1.82, 2.24) is 4.31 Å². The van der Waals surface area contributed by atoms with Crippen LogP contribution in [0.3, 0.4) is 0 Å². The van der Waals surface area contributed by atoms with E-state index < -0.39 is 21.0 Å². The lowest BCUT2D eigenvalue weighted by Crippen LogP contribution is -2.40. The van der Waals surface area contributed by atoms with Crippen LogP contribution in [0.15, 0.2) is 47.4 Å². The first-order chi connectivity index (χ1) is 13.8. The largest absolute Gasteiger partial charge is 0.394 e. The van der Waals surface area contributed by atoms with Gasteiger partial charge in [0.25, 0.3) is 5.69 Å². The first kappa shape index (κ1) is 21.5. The van der Waals surface area contributed by atoms with Gasteiger partial charge < -0.3 is 15.2 Å². The van der Waals surface area contributed by atoms with Gasteiger partial charge in [0.1, 0.15) is 4.90 Å². The molecule has 0 aliphatic carbocycles. The molecule has 156 valence electrons. The molecule has 3 rings (SSSR count). The molecule has 2 N–H and O–H groups in total. The molecule has 1 heterocycles. The zero-order chi connectivity index (χ0) is 21.0. The number of aliphatic hydroxyl groups is 1. The number of nitro benzene ring substituents is 1. The Morgan fingerprint density at radius 3 is 2.59 bits per heavy atom. The average Bonchev–Trinajstić information content (AvgIpc) is 2.72. The van der Waals surface area contributed by atoms with Crippen LogP contribution in [-0.4, -0.2) is 55.7 Å². The van der Waals surface area contributed by atoms with Gasteiger partial charge in [-0.1, -0.05) is 23.7 Å². The predicted molar refractivity (Wildman–Crippen MR) is 108 cm³/mol. The van der Waals surface area contributed by atoms with Crippen LogP contribution < -0.4 is 5.32 Å². The lowest BCUT2D eigenvalue weighted by molar-refractivity contribution is -0.385. The Morgan fingerprint density at radius 2 is 1.97 bits per heavy atom. The molecule has 0 aromatic heterocycles. The Hall–Kier alpha value is -2.24. The molecule has 1 atom stereocenters. The van der Waals surface area contributed by atoms with E-state index in [9.17, 15) is 23.6 Å². The molecule has 29 heavy (non-hydrogen) atoms. The zero-order valence-corrected chi connectivity index (χ0v) is 16.9. The number of anilines is 1. The third kappa shape index (κ3) is 4.85. The molecule has 1 fully saturated rings. The quantitative estimate of drug-likeness (QED) is 0.499. The summed E-state index contributed by atoms with van der Waals surface area (Å²) in [5, 5.41) is 24.5. The van der Waals surface area contributed by atoms with E-state index in [0.29, 0.717) is 10.6 Å². The van der Waals surface area contributed by atoms with E-state index in [4.69, 9.17) is 16.3 Å². The van der Waals surface area contributed by atoms with Gasteiger partial charge in [-0.15, -0.1) is 0 Å². The summed E-state index contributed by atoms with van der Waals surface area (Å²) in [6.07, 6.45) is 0. The van der Waals surface area contributed by atoms with Gasteiger partial charge >= 0.3 is 0 Å². The number of non-ortho nitro benzene ring substituents is 1. The highest BCUT2D eigenvalue weighted by molar-refractivity contribution is 7.89. The molecule has 0 saturated carbocycles. The number of nitro groups is 1. The van der Waals surface area contributed by atoms with Crippen molar-refractivity contribution in [2.75, 3.05) is 38.2 Å². The number of nitrogens with zero attached hydrogens (tertiary/aromatic N) is 2. The first-order valence-electron chi connectivity index (χ1n) is 8.82. The van der Waals surface area contributed by atoms with Crippen molar-refractivity contribution < 1.29 is 23.2 Å². The molecule has 9 nitrogen and oxygen atoms in total. The van der Waals surface area contributed by atoms with Crippen LogP contribution in [0.4, 0.5) is 11.4 Å². The van der Waals surface area contributed by atoms with Crippen LogP contribution in [0, 0.1) is 10.1 Å². The van der Waals surface area contributed by atoms with Gasteiger partial charge in [0.2, 0.25) is 10.0 Å². The molecule has 2 aromatic carbocycles. The second-order valence-electron chi connectivity index (χ2n) is 6.39. The number of hydrogen-bond donors (Lipinski definition) is 2. The summed E-state index contributed by atoms with van der Waals surface area (Å²) in [7, 11) is -4.01. The molecule has 0 unspecified atom stereocenters. The van der Waals surface area contributed by atoms with Crippen molar-refractivity contribution in [2.45, 2.75) is 10.9 Å². The van der Waals surface area contributed by atoms with Crippen molar-refractivity contribution in [2.24, 2.45) is 0 Å². The normalized spacial score (nSPS) is 16.3. The summed E-state index contributed by atoms with van der Waals surface area (Å²) in [5.41, 5.74) is 0.458. The molecular formula is C18H20ClN3O6S. The molecule has 1 aliphatic heterocycles. The Bertz CT molecular complexity index is 995. The Balaban J connectivity index is 2.02. The monoisotopic (exact) mass is 441 g/mol. The topological polar surface area (TPSA) is 122 Å². The third-order valence-corrected chi connectivity index (χ3v) is 6.70. The second-order valence-corrected chi connectivity index (χ2v) is 8.73. The lowest BCUT2D eigenvalue weighted by atomic mass is 10.1. The van der Waals surface area contributed by atoms with E-state index in [2.05, 4.69) is 5.32 Å². The maximum Gasteiger partial charge on any atom is 0.270 e. The van der Waals surface area contributed by atoms with Crippen LogP contribution in [-0.2, 0) is 14.8 Å². The summed E-state index contributed by atoms with van der Waals surface area (Å²) in [5.74, 6) is 0. The number of ether oxygens (including phenoxy) is 1. The highest BCUT2D eigenvalue weighted by atomic mass is 35.5. The fourth-order valence-corrected chi connectivity index (χ4v) is 4.81. The van der Waals surface area contributed by atoms with Crippen molar-refractivity contribution in [1.29, 1.82) is 0 Å². The van der Waals surface area contributed by atoms with Crippen LogP contribution in [0.25, 0.3) is 0 Å². The zero-order valence-electron chi connectivity index (χ0n) is 15.3. The number of hydrogen-bond acceptors (Lipinski definition) is 7. The van der Waals surface area contributed by atoms with Crippen LogP contribution >= 0.6 is 11.6 Å². The van der Waals surface area contributed by atoms with Gasteiger partial charge in [-0.2, -0.15) is 4.31 Å². The van der Waals surface area contributed by atoms with Gasteiger partial charge in [0.15, 0.2) is 0 Å². The SMILES string of the molecule is O=[N+]([O-])c1ccc(N[C@@H](CO)c2cccc(Cl)c2)c(S(=O)(=O)N2CCOCC2)c1. The molecule has 11 heteroatoms. The molecule has 0 spiro atoms. The smallest absolute Gasteiger partial charge is 0.270 e. The lowest BCUT2D eigenvalue weighted by Gasteiger charge is -2.28. The van der Waals surface area contributed by atoms with Gasteiger partial charge in [-0.05, 0) is 23.8 Å². The van der Waals surface area contributed by atoms with Crippen molar-refractivity contribution in [3.05, 3.63) is 63.2 Å². The molecule has 0 bridgehead atoms. The minimum atomic E-state index is -4.01. The summed E-state index contributed by atoms with van der Waals surface area (Å²) in [4.78, 5) is 10.3. The van der Waals surface area contributed by atoms with Crippen molar-refractivity contribution >= 4 is 33.0 Å². The van der Waals surface area contributed by atoms with Gasteiger partial charge in [0.05, 0.1) is 36.5 Å². The Labute approximate surface area is 173 Å². The molecule has 0 amide bonds. The van der Waals surface area contributed by atoms with Gasteiger partial charge in [-0.25, -0.2) is 8.42 Å². The highest BCUT2D eigenvalue weighted by Crippen LogP contribution is 2.32. The summed E-state index contributed by atoms with van der Waals surface area (Å²) < 4.78 is 32.8. The van der Waals surface area contributed by atoms with Crippen LogP contribution in [0.2, 0.25) is 5.02 Å². The van der Waals surface area contributed by atoms with E-state index in [1.54, 1.807) is 24.3 Å². The van der Waals surface area contributed by atoms with E-state index in [1.165, 1.54) is 16.4 Å². The van der Waals surface area contributed by atoms with Crippen LogP contribution in [0.5, 0.6) is 0 Å². The van der Waals surface area contributed by atoms with Crippen LogP contribution in [0.1, 0.15) is 11.6 Å². The molecule has 1 aliphatic rings. The summed E-state index contributed by atoms with van der Waals surface area (Å²) in [6.45, 7) is 0.468. The van der Waals surface area contributed by atoms with E-state index in [1.807, 2.05) is 0 Å². The number of benzene rings is 2. The van der Waals surface area contributed by atoms with Gasteiger partial charge in [0, 0.05) is 30.2 Å². The summed E-state index contributed by atoms with van der Waals surface area (Å²) in [6, 6.07) is 9.70. The minimum Gasteiger partial charge on any atom is -0.394 e. The maximum absolute atomic E-state index is 13.2. The molecule has 2 aromatic rings. The molecular weight excluding hydrogens is 422 g/mol. The summed E-state index contributed by atoms with van der Waals surface area (Å²) >= 11 is 6.01. The number of aliphatic hydroxyl groups excluding tert-OH is 1. The Kier molecular flexibility index (Phi) is 6.70. The van der Waals surface area contributed by atoms with Gasteiger partial charge in [-0.3, -0.25) is 10.1 Å². The van der Waals surface area contributed by atoms with E-state index in [0.717, 1.165) is 6.07 Å². The van der Waals surface area contributed by atoms with E-state index >= 15 is 0 Å². The average molecular weight is 442 g/mol. The fourth-order valence-electron chi connectivity index (χ4n) is 3.03. The minimum absolute atomic E-state index is 0.154. The molecule has 0 radical (unpaired) electrons. The number of sulfonamides is 1. The fraction of sp³-hybridized carbons (Fsp3) is 0.333. The molecule has 1 saturated heterocycles. The van der Waals surface area contributed by atoms with Crippen molar-refractivity contribution in [3.63, 3.8) is 0 Å². The number of nitrogens with one attached hydrogen (secondary N) is 1. The Morgan fingerprint density at radius 1 is 1.24 bits per heavy atom. The highest BCUT2D eigenvalue weighted by Gasteiger charge is 2.31. The predicted octanol–water partition coefficient (Wildman–Crippen LogP) is 2.41. The third-order valence-electron chi connectivity index (χ3n) is 4.53. The first-order valence-corrected chi connectivity index (χ1v) is 10.6. The number of rotatable bonds is 7. The maximum atomic E-state index is 13.2.